The van der Waals surface area contributed by atoms with Gasteiger partial charge in [0.15, 0.2) is 18.2 Å². The summed E-state index contributed by atoms with van der Waals surface area (Å²) in [5, 5.41) is 2.59. The van der Waals surface area contributed by atoms with Crippen LogP contribution < -0.4 is 15.8 Å². The monoisotopic (exact) mass is 258 g/mol. The highest BCUT2D eigenvalue weighted by atomic mass is 19.1. The normalized spacial score (nSPS) is 10.5. The molecule has 0 aromatic heterocycles. The van der Waals surface area contributed by atoms with Crippen molar-refractivity contribution in [1.29, 1.82) is 0 Å². The zero-order valence-corrected chi connectivity index (χ0v) is 10.3. The van der Waals surface area contributed by atoms with E-state index in [4.69, 9.17) is 10.5 Å². The van der Waals surface area contributed by atoms with Crippen LogP contribution in [-0.2, 0) is 4.79 Å². The molecule has 0 unspecified atom stereocenters. The van der Waals surface area contributed by atoms with Crippen molar-refractivity contribution in [3.63, 3.8) is 0 Å². The summed E-state index contributed by atoms with van der Waals surface area (Å²) < 4.78 is 31.2. The molecule has 100 valence electrons. The van der Waals surface area contributed by atoms with Gasteiger partial charge < -0.3 is 15.8 Å². The predicted octanol–water partition coefficient (Wildman–Crippen LogP) is 1.70. The molecule has 0 radical (unpaired) electrons. The fourth-order valence-corrected chi connectivity index (χ4v) is 1.17. The van der Waals surface area contributed by atoms with Gasteiger partial charge in [-0.15, -0.1) is 0 Å². The molecule has 0 spiro atoms. The lowest BCUT2D eigenvalue weighted by atomic mass is 10.2. The van der Waals surface area contributed by atoms with Crippen LogP contribution >= 0.6 is 0 Å². The molecule has 0 aliphatic carbocycles. The van der Waals surface area contributed by atoms with Gasteiger partial charge in [-0.05, 0) is 5.92 Å². The van der Waals surface area contributed by atoms with Crippen molar-refractivity contribution in [3.05, 3.63) is 23.8 Å². The second-order valence-electron chi connectivity index (χ2n) is 4.29. The zero-order chi connectivity index (χ0) is 13.7. The van der Waals surface area contributed by atoms with Crippen molar-refractivity contribution in [2.24, 2.45) is 5.92 Å². The second kappa shape index (κ2) is 6.18. The Kier molecular flexibility index (Phi) is 4.88. The Morgan fingerprint density at radius 3 is 2.67 bits per heavy atom. The van der Waals surface area contributed by atoms with Crippen LogP contribution in [0, 0.1) is 17.6 Å². The first-order chi connectivity index (χ1) is 8.40. The van der Waals surface area contributed by atoms with Gasteiger partial charge in [0.1, 0.15) is 5.82 Å². The highest BCUT2D eigenvalue weighted by molar-refractivity contribution is 5.77. The van der Waals surface area contributed by atoms with Crippen molar-refractivity contribution in [2.45, 2.75) is 13.8 Å². The van der Waals surface area contributed by atoms with Gasteiger partial charge in [0.25, 0.3) is 5.91 Å². The molecular formula is C12H16F2N2O2. The van der Waals surface area contributed by atoms with Crippen LogP contribution in [0.15, 0.2) is 12.1 Å². The minimum atomic E-state index is -0.800. The van der Waals surface area contributed by atoms with E-state index < -0.39 is 11.6 Å². The molecule has 1 aromatic carbocycles. The Morgan fingerprint density at radius 1 is 1.39 bits per heavy atom. The zero-order valence-electron chi connectivity index (χ0n) is 10.3. The van der Waals surface area contributed by atoms with Gasteiger partial charge in [-0.1, -0.05) is 13.8 Å². The largest absolute Gasteiger partial charge is 0.481 e. The number of nitrogens with one attached hydrogen (secondary N) is 1. The Labute approximate surface area is 104 Å². The molecular weight excluding hydrogens is 242 g/mol. The number of nitrogens with two attached hydrogens (primary N) is 1. The topological polar surface area (TPSA) is 64.3 Å². The minimum absolute atomic E-state index is 0.302. The molecule has 0 saturated heterocycles. The van der Waals surface area contributed by atoms with Crippen molar-refractivity contribution >= 4 is 11.6 Å². The lowest BCUT2D eigenvalue weighted by Crippen LogP contribution is -2.31. The molecule has 3 N–H and O–H groups in total. The maximum absolute atomic E-state index is 13.3. The first kappa shape index (κ1) is 14.2. The number of nitrogen functional groups attached to an aromatic ring is 1. The van der Waals surface area contributed by atoms with Crippen LogP contribution in [0.1, 0.15) is 13.8 Å². The van der Waals surface area contributed by atoms with Crippen LogP contribution in [0.25, 0.3) is 0 Å². The molecule has 0 atom stereocenters. The van der Waals surface area contributed by atoms with Gasteiger partial charge in [-0.3, -0.25) is 4.79 Å². The average Bonchev–Trinajstić information content (AvgIpc) is 2.29. The molecule has 0 fully saturated rings. The maximum Gasteiger partial charge on any atom is 0.257 e. The quantitative estimate of drug-likeness (QED) is 0.790. The molecule has 0 heterocycles. The molecule has 1 aromatic rings. The van der Waals surface area contributed by atoms with Crippen LogP contribution in [0.4, 0.5) is 14.5 Å². The van der Waals surface area contributed by atoms with E-state index in [0.29, 0.717) is 12.5 Å². The van der Waals surface area contributed by atoms with E-state index in [2.05, 4.69) is 5.32 Å². The van der Waals surface area contributed by atoms with E-state index in [-0.39, 0.29) is 24.0 Å². The van der Waals surface area contributed by atoms with Crippen molar-refractivity contribution in [2.75, 3.05) is 18.9 Å². The van der Waals surface area contributed by atoms with E-state index in [1.54, 1.807) is 0 Å². The Balaban J connectivity index is 2.53. The second-order valence-corrected chi connectivity index (χ2v) is 4.29. The summed E-state index contributed by atoms with van der Waals surface area (Å²) in [6, 6.07) is 1.64. The third-order valence-corrected chi connectivity index (χ3v) is 2.12. The summed E-state index contributed by atoms with van der Waals surface area (Å²) in [6.45, 7) is 4.01. The first-order valence-electron chi connectivity index (χ1n) is 5.54. The van der Waals surface area contributed by atoms with E-state index in [0.717, 1.165) is 12.1 Å². The molecule has 18 heavy (non-hydrogen) atoms. The Hall–Kier alpha value is -1.85. The highest BCUT2D eigenvalue weighted by Crippen LogP contribution is 2.22. The first-order valence-corrected chi connectivity index (χ1v) is 5.54. The van der Waals surface area contributed by atoms with Gasteiger partial charge in [-0.2, -0.15) is 0 Å². The molecule has 0 aliphatic heterocycles. The number of hydrogen-bond acceptors (Lipinski definition) is 3. The van der Waals surface area contributed by atoms with Crippen LogP contribution in [-0.4, -0.2) is 19.1 Å². The van der Waals surface area contributed by atoms with E-state index in [1.807, 2.05) is 13.8 Å². The summed E-state index contributed by atoms with van der Waals surface area (Å²) in [4.78, 5) is 11.3. The summed E-state index contributed by atoms with van der Waals surface area (Å²) >= 11 is 0. The van der Waals surface area contributed by atoms with Gasteiger partial charge in [0, 0.05) is 18.7 Å². The molecule has 1 amide bonds. The van der Waals surface area contributed by atoms with Crippen LogP contribution in [0.2, 0.25) is 0 Å². The Morgan fingerprint density at radius 2 is 2.06 bits per heavy atom. The fourth-order valence-electron chi connectivity index (χ4n) is 1.17. The van der Waals surface area contributed by atoms with E-state index in [9.17, 15) is 13.6 Å². The fraction of sp³-hybridized carbons (Fsp3) is 0.417. The average molecular weight is 258 g/mol. The number of hydrogen-bond donors (Lipinski definition) is 2. The molecule has 4 nitrogen and oxygen atoms in total. The van der Waals surface area contributed by atoms with E-state index in [1.165, 1.54) is 0 Å². The van der Waals surface area contributed by atoms with Crippen molar-refractivity contribution in [3.8, 4) is 5.75 Å². The SMILES string of the molecule is CC(C)CNC(=O)COc1cc(F)c(N)cc1F. The van der Waals surface area contributed by atoms with Gasteiger partial charge >= 0.3 is 0 Å². The highest BCUT2D eigenvalue weighted by Gasteiger charge is 2.11. The number of ether oxygens (including phenoxy) is 1. The van der Waals surface area contributed by atoms with Gasteiger partial charge in [0.2, 0.25) is 0 Å². The number of amides is 1. The number of carbonyl (C=O) groups is 1. The number of halogens is 2. The minimum Gasteiger partial charge on any atom is -0.481 e. The smallest absolute Gasteiger partial charge is 0.257 e. The molecule has 0 bridgehead atoms. The lowest BCUT2D eigenvalue weighted by Gasteiger charge is -2.10. The van der Waals surface area contributed by atoms with E-state index >= 15 is 0 Å². The molecule has 1 rings (SSSR count). The third-order valence-electron chi connectivity index (χ3n) is 2.12. The van der Waals surface area contributed by atoms with Crippen molar-refractivity contribution in [1.82, 2.24) is 5.32 Å². The molecule has 6 heteroatoms. The Bertz CT molecular complexity index is 436. The number of anilines is 1. The third kappa shape index (κ3) is 4.20. The van der Waals surface area contributed by atoms with Gasteiger partial charge in [0.05, 0.1) is 5.69 Å². The summed E-state index contributed by atoms with van der Waals surface area (Å²) in [5.41, 5.74) is 4.87. The number of carbonyl (C=O) groups excluding carboxylic acids is 1. The van der Waals surface area contributed by atoms with Gasteiger partial charge in [-0.25, -0.2) is 8.78 Å². The maximum atomic E-state index is 13.3. The summed E-state index contributed by atoms with van der Waals surface area (Å²) in [6.07, 6.45) is 0. The lowest BCUT2D eigenvalue weighted by molar-refractivity contribution is -0.123. The molecule has 0 aliphatic rings. The number of benzene rings is 1. The van der Waals surface area contributed by atoms with Crippen LogP contribution in [0.5, 0.6) is 5.75 Å². The predicted molar refractivity (Wildman–Crippen MR) is 64.1 cm³/mol. The van der Waals surface area contributed by atoms with Crippen LogP contribution in [0.3, 0.4) is 0 Å². The summed E-state index contributed by atoms with van der Waals surface area (Å²) in [7, 11) is 0. The standard InChI is InChI=1S/C12H16F2N2O2/c1-7(2)5-16-12(17)6-18-11-4-8(13)10(15)3-9(11)14/h3-4,7H,5-6,15H2,1-2H3,(H,16,17). The number of rotatable bonds is 5. The van der Waals surface area contributed by atoms with Crippen molar-refractivity contribution < 1.29 is 18.3 Å². The molecule has 0 saturated carbocycles. The summed E-state index contributed by atoms with van der Waals surface area (Å²) in [5.74, 6) is -2.00.